The molecule has 1 aliphatic heterocycles. The molecule has 12 heteroatoms. The second kappa shape index (κ2) is 10.8. The summed E-state index contributed by atoms with van der Waals surface area (Å²) < 4.78 is 7.41. The van der Waals surface area contributed by atoms with E-state index in [0.29, 0.717) is 29.8 Å². The van der Waals surface area contributed by atoms with Crippen molar-refractivity contribution < 1.29 is 14.3 Å². The average Bonchev–Trinajstić information content (AvgIpc) is 3.48. The molecule has 0 saturated heterocycles. The van der Waals surface area contributed by atoms with Crippen molar-refractivity contribution in [3.05, 3.63) is 114 Å². The Balaban J connectivity index is 1.51. The zero-order valence-electron chi connectivity index (χ0n) is 23.3. The summed E-state index contributed by atoms with van der Waals surface area (Å²) in [5.74, 6) is -0.402. The van der Waals surface area contributed by atoms with Gasteiger partial charge in [-0.3, -0.25) is 23.5 Å². The molecule has 3 atom stereocenters. The van der Waals surface area contributed by atoms with Gasteiger partial charge in [0.2, 0.25) is 11.8 Å². The number of nitrogens with zero attached hydrogens (tertiary/aromatic N) is 3. The first kappa shape index (κ1) is 28.9. The third-order valence-corrected chi connectivity index (χ3v) is 9.12. The van der Waals surface area contributed by atoms with Crippen molar-refractivity contribution in [1.82, 2.24) is 14.1 Å². The summed E-state index contributed by atoms with van der Waals surface area (Å²) >= 11 is 12.8. The molecule has 1 unspecified atom stereocenters. The number of primary amides is 1. The van der Waals surface area contributed by atoms with Crippen LogP contribution in [0.4, 0.5) is 5.82 Å². The first-order chi connectivity index (χ1) is 20.6. The Morgan fingerprint density at radius 1 is 1.09 bits per heavy atom. The zero-order valence-corrected chi connectivity index (χ0v) is 24.8. The minimum Gasteiger partial charge on any atom is -0.383 e. The normalized spacial score (nSPS) is 18.3. The van der Waals surface area contributed by atoms with Crippen molar-refractivity contribution in [2.75, 3.05) is 19.0 Å². The van der Waals surface area contributed by atoms with Crippen LogP contribution in [0.3, 0.4) is 0 Å². The number of amides is 2. The monoisotopic (exact) mass is 619 g/mol. The number of carbonyl (C=O) groups excluding carboxylic acids is 2. The van der Waals surface area contributed by atoms with Crippen LogP contribution in [0, 0.1) is 0 Å². The molecule has 1 spiro atoms. The van der Waals surface area contributed by atoms with E-state index < -0.39 is 34.7 Å². The van der Waals surface area contributed by atoms with Crippen molar-refractivity contribution >= 4 is 40.8 Å². The van der Waals surface area contributed by atoms with E-state index in [0.717, 1.165) is 25.8 Å². The lowest BCUT2D eigenvalue weighted by atomic mass is 9.79. The van der Waals surface area contributed by atoms with E-state index >= 15 is 0 Å². The lowest BCUT2D eigenvalue weighted by Gasteiger charge is -2.23. The number of fused-ring (bicyclic) bond motifs is 3. The van der Waals surface area contributed by atoms with Gasteiger partial charge >= 0.3 is 5.69 Å². The van der Waals surface area contributed by atoms with Crippen LogP contribution < -0.4 is 22.3 Å². The number of nitrogens with two attached hydrogens (primary N) is 1. The topological polar surface area (TPSA) is 138 Å². The number of hydrogen-bond donors (Lipinski definition) is 2. The fourth-order valence-electron chi connectivity index (χ4n) is 6.30. The lowest BCUT2D eigenvalue weighted by Crippen LogP contribution is -2.46. The summed E-state index contributed by atoms with van der Waals surface area (Å²) in [5, 5.41) is 3.23. The van der Waals surface area contributed by atoms with Crippen molar-refractivity contribution in [2.24, 2.45) is 5.73 Å². The fraction of sp³-hybridized carbons (Fsp3) is 0.258. The number of aromatic nitrogens is 3. The number of rotatable bonds is 7. The highest BCUT2D eigenvalue weighted by atomic mass is 35.5. The van der Waals surface area contributed by atoms with Gasteiger partial charge in [0.05, 0.1) is 33.7 Å². The van der Waals surface area contributed by atoms with E-state index in [-0.39, 0.29) is 28.1 Å². The van der Waals surface area contributed by atoms with Crippen LogP contribution in [0.1, 0.15) is 41.3 Å². The number of carbonyl (C=O) groups is 2. The minimum absolute atomic E-state index is 0.0580. The molecule has 2 aromatic carbocycles. The summed E-state index contributed by atoms with van der Waals surface area (Å²) in [6.07, 6.45) is 3.78. The molecule has 43 heavy (non-hydrogen) atoms. The van der Waals surface area contributed by atoms with Gasteiger partial charge in [-0.15, -0.1) is 0 Å². The SMILES string of the molecule is COC[C@H](C)n1c(=O)c(-c2cccc(Cl)c2Cl)cn(C(C(N)=O)c2ccc3c(c2)C[C@@]2(C3)C(=O)Nc3ncccc32)c1=O. The molecule has 6 rings (SSSR count). The highest BCUT2D eigenvalue weighted by molar-refractivity contribution is 6.43. The molecular weight excluding hydrogens is 593 g/mol. The molecule has 220 valence electrons. The van der Waals surface area contributed by atoms with E-state index in [1.54, 1.807) is 49.5 Å². The Kier molecular flexibility index (Phi) is 7.24. The van der Waals surface area contributed by atoms with E-state index in [4.69, 9.17) is 33.7 Å². The zero-order chi connectivity index (χ0) is 30.6. The third-order valence-electron chi connectivity index (χ3n) is 8.30. The summed E-state index contributed by atoms with van der Waals surface area (Å²) in [4.78, 5) is 58.3. The fourth-order valence-corrected chi connectivity index (χ4v) is 6.70. The predicted molar refractivity (Wildman–Crippen MR) is 163 cm³/mol. The van der Waals surface area contributed by atoms with Gasteiger partial charge in [0.15, 0.2) is 0 Å². The van der Waals surface area contributed by atoms with E-state index in [2.05, 4.69) is 10.3 Å². The first-order valence-electron chi connectivity index (χ1n) is 13.6. The highest BCUT2D eigenvalue weighted by Crippen LogP contribution is 2.47. The second-order valence-electron chi connectivity index (χ2n) is 10.9. The quantitative estimate of drug-likeness (QED) is 0.324. The molecule has 3 N–H and O–H groups in total. The van der Waals surface area contributed by atoms with Gasteiger partial charge in [-0.1, -0.05) is 59.6 Å². The van der Waals surface area contributed by atoms with Crippen LogP contribution in [-0.4, -0.2) is 39.6 Å². The lowest BCUT2D eigenvalue weighted by molar-refractivity contribution is -0.121. The van der Waals surface area contributed by atoms with Crippen LogP contribution >= 0.6 is 23.2 Å². The molecule has 2 aromatic heterocycles. The summed E-state index contributed by atoms with van der Waals surface area (Å²) in [7, 11) is 1.46. The number of hydrogen-bond acceptors (Lipinski definition) is 6. The largest absolute Gasteiger partial charge is 0.383 e. The van der Waals surface area contributed by atoms with Crippen LogP contribution in [0.25, 0.3) is 11.1 Å². The number of ether oxygens (including phenoxy) is 1. The Morgan fingerprint density at radius 2 is 1.86 bits per heavy atom. The number of methoxy groups -OCH3 is 1. The molecule has 4 aromatic rings. The Hall–Kier alpha value is -4.25. The molecule has 0 saturated carbocycles. The van der Waals surface area contributed by atoms with Gasteiger partial charge in [-0.25, -0.2) is 9.78 Å². The number of halogens is 2. The standard InChI is InChI=1S/C31H27Cl2N5O5/c1-16(15-43-2)38-28(40)21(20-5-3-7-23(32)24(20)33)14-37(30(38)42)25(26(34)39)17-8-9-18-12-31(13-19(18)11-17)22-6-4-10-35-27(22)36-29(31)41/h3-11,14,16,25H,12-13,15H2,1-2H3,(H2,34,39)(H,35,36,41)/t16-,25?,31+/m0/s1. The van der Waals surface area contributed by atoms with Gasteiger partial charge in [0.1, 0.15) is 11.9 Å². The van der Waals surface area contributed by atoms with Crippen LogP contribution in [0.2, 0.25) is 10.0 Å². The molecule has 3 heterocycles. The molecule has 0 radical (unpaired) electrons. The maximum absolute atomic E-state index is 13.9. The predicted octanol–water partition coefficient (Wildman–Crippen LogP) is 3.65. The molecule has 2 amide bonds. The van der Waals surface area contributed by atoms with Gasteiger partial charge in [0.25, 0.3) is 5.56 Å². The maximum atomic E-state index is 13.9. The van der Waals surface area contributed by atoms with Crippen LogP contribution in [0.5, 0.6) is 0 Å². The van der Waals surface area contributed by atoms with Gasteiger partial charge < -0.3 is 15.8 Å². The average molecular weight is 620 g/mol. The third kappa shape index (κ3) is 4.57. The molecule has 0 bridgehead atoms. The molecule has 0 fully saturated rings. The van der Waals surface area contributed by atoms with E-state index in [1.807, 2.05) is 12.1 Å². The van der Waals surface area contributed by atoms with Gasteiger partial charge in [-0.05, 0) is 48.6 Å². The smallest absolute Gasteiger partial charge is 0.332 e. The molecule has 2 aliphatic rings. The van der Waals surface area contributed by atoms with E-state index in [9.17, 15) is 19.2 Å². The van der Waals surface area contributed by atoms with Crippen molar-refractivity contribution in [2.45, 2.75) is 37.3 Å². The summed E-state index contributed by atoms with van der Waals surface area (Å²) in [6, 6.07) is 11.9. The van der Waals surface area contributed by atoms with Crippen LogP contribution in [0.15, 0.2) is 70.5 Å². The van der Waals surface area contributed by atoms with Crippen molar-refractivity contribution in [1.29, 1.82) is 0 Å². The summed E-state index contributed by atoms with van der Waals surface area (Å²) in [6.45, 7) is 1.72. The Labute approximate surface area is 256 Å². The van der Waals surface area contributed by atoms with Gasteiger partial charge in [-0.2, -0.15) is 0 Å². The molecular formula is C31H27Cl2N5O5. The molecule has 10 nitrogen and oxygen atoms in total. The summed E-state index contributed by atoms with van der Waals surface area (Å²) in [5.41, 5.74) is 7.18. The van der Waals surface area contributed by atoms with Gasteiger partial charge in [0, 0.05) is 30.6 Å². The molecule has 1 aliphatic carbocycles. The number of benzene rings is 2. The number of pyridine rings is 1. The van der Waals surface area contributed by atoms with E-state index in [1.165, 1.54) is 13.3 Å². The van der Waals surface area contributed by atoms with Crippen molar-refractivity contribution in [3.8, 4) is 11.1 Å². The number of anilines is 1. The first-order valence-corrected chi connectivity index (χ1v) is 14.3. The second-order valence-corrected chi connectivity index (χ2v) is 11.7. The minimum atomic E-state index is -1.28. The highest BCUT2D eigenvalue weighted by Gasteiger charge is 2.51. The van der Waals surface area contributed by atoms with Crippen molar-refractivity contribution in [3.63, 3.8) is 0 Å². The maximum Gasteiger partial charge on any atom is 0.332 e. The Bertz CT molecular complexity index is 1940. The van der Waals surface area contributed by atoms with Crippen LogP contribution in [-0.2, 0) is 32.6 Å². The number of nitrogens with one attached hydrogen (secondary N) is 1. The Morgan fingerprint density at radius 3 is 2.60 bits per heavy atom.